The molecular formula is C15H21N2O3S+. The number of carbonyl (C=O) groups is 2. The summed E-state index contributed by atoms with van der Waals surface area (Å²) in [5, 5.41) is 10.2. The number of nitrogens with zero attached hydrogens (tertiary/aromatic N) is 2. The largest absolute Gasteiger partial charge is 0.480 e. The molecule has 0 saturated carbocycles. The van der Waals surface area contributed by atoms with E-state index in [1.807, 2.05) is 42.9 Å². The first-order valence-electron chi connectivity index (χ1n) is 7.11. The molecule has 0 spiro atoms. The molecule has 0 bridgehead atoms. The number of aliphatic carboxylic acids is 1. The molecule has 0 radical (unpaired) electrons. The Morgan fingerprint density at radius 2 is 2.29 bits per heavy atom. The van der Waals surface area contributed by atoms with Crippen molar-refractivity contribution in [2.24, 2.45) is 13.0 Å². The monoisotopic (exact) mass is 309 g/mol. The molecule has 1 aliphatic rings. The highest BCUT2D eigenvalue weighted by molar-refractivity contribution is 7.99. The van der Waals surface area contributed by atoms with Crippen LogP contribution in [0.2, 0.25) is 0 Å². The number of carboxylic acids is 1. The highest BCUT2D eigenvalue weighted by atomic mass is 32.2. The lowest BCUT2D eigenvalue weighted by Crippen LogP contribution is -2.43. The Kier molecular flexibility index (Phi) is 5.22. The average Bonchev–Trinajstić information content (AvgIpc) is 2.95. The Morgan fingerprint density at radius 3 is 2.95 bits per heavy atom. The second kappa shape index (κ2) is 6.93. The van der Waals surface area contributed by atoms with Gasteiger partial charge >= 0.3 is 5.97 Å². The first kappa shape index (κ1) is 15.8. The van der Waals surface area contributed by atoms with Gasteiger partial charge in [-0.15, -0.1) is 0 Å². The van der Waals surface area contributed by atoms with Gasteiger partial charge in [0.2, 0.25) is 10.9 Å². The van der Waals surface area contributed by atoms with E-state index >= 15 is 0 Å². The van der Waals surface area contributed by atoms with Crippen LogP contribution >= 0.6 is 11.8 Å². The standard InChI is InChI=1S/C15H20N2O3S/c1-11(10-21-13-7-3-4-8-16(13)2)14(18)17-9-5-6-12(17)15(19)20/h3-4,7-8,11-12H,5-6,9-10H2,1-2H3/p+1/t11?,12-/m0/s1. The second-order valence-electron chi connectivity index (χ2n) is 5.39. The zero-order valence-electron chi connectivity index (χ0n) is 12.4. The molecule has 1 N–H and O–H groups in total. The third-order valence-electron chi connectivity index (χ3n) is 3.73. The van der Waals surface area contributed by atoms with Crippen LogP contribution in [0, 0.1) is 5.92 Å². The Labute approximate surface area is 129 Å². The predicted octanol–water partition coefficient (Wildman–Crippen LogP) is 1.31. The van der Waals surface area contributed by atoms with Crippen molar-refractivity contribution >= 4 is 23.6 Å². The molecule has 0 aliphatic carbocycles. The van der Waals surface area contributed by atoms with Gasteiger partial charge in [0.25, 0.3) is 0 Å². The third kappa shape index (κ3) is 3.75. The zero-order valence-corrected chi connectivity index (χ0v) is 13.2. The minimum atomic E-state index is -0.893. The lowest BCUT2D eigenvalue weighted by atomic mass is 10.1. The first-order valence-corrected chi connectivity index (χ1v) is 8.10. The number of thioether (sulfide) groups is 1. The lowest BCUT2D eigenvalue weighted by Gasteiger charge is -2.24. The number of pyridine rings is 1. The van der Waals surface area contributed by atoms with E-state index in [-0.39, 0.29) is 11.8 Å². The molecule has 1 aromatic heterocycles. The number of rotatable bonds is 5. The van der Waals surface area contributed by atoms with Gasteiger partial charge in [0, 0.05) is 30.3 Å². The van der Waals surface area contributed by atoms with Gasteiger partial charge in [0.15, 0.2) is 6.20 Å². The van der Waals surface area contributed by atoms with Crippen LogP contribution in [0.4, 0.5) is 0 Å². The highest BCUT2D eigenvalue weighted by Crippen LogP contribution is 2.23. The van der Waals surface area contributed by atoms with Gasteiger partial charge in [0.05, 0.1) is 0 Å². The summed E-state index contributed by atoms with van der Waals surface area (Å²) >= 11 is 1.62. The van der Waals surface area contributed by atoms with Gasteiger partial charge in [-0.3, -0.25) is 4.79 Å². The van der Waals surface area contributed by atoms with Crippen molar-refractivity contribution in [3.8, 4) is 0 Å². The van der Waals surface area contributed by atoms with Crippen LogP contribution in [0.1, 0.15) is 19.8 Å². The average molecular weight is 309 g/mol. The number of carbonyl (C=O) groups excluding carboxylic acids is 1. The summed E-state index contributed by atoms with van der Waals surface area (Å²) < 4.78 is 2.01. The van der Waals surface area contributed by atoms with Gasteiger partial charge in [-0.25, -0.2) is 4.79 Å². The van der Waals surface area contributed by atoms with Crippen LogP contribution < -0.4 is 4.57 Å². The summed E-state index contributed by atoms with van der Waals surface area (Å²) in [6.07, 6.45) is 3.31. The fourth-order valence-corrected chi connectivity index (χ4v) is 3.51. The maximum atomic E-state index is 12.4. The van der Waals surface area contributed by atoms with E-state index in [1.54, 1.807) is 11.8 Å². The van der Waals surface area contributed by atoms with Crippen LogP contribution in [0.25, 0.3) is 0 Å². The smallest absolute Gasteiger partial charge is 0.326 e. The Hall–Kier alpha value is -1.56. The Morgan fingerprint density at radius 1 is 1.52 bits per heavy atom. The Bertz CT molecular complexity index is 535. The van der Waals surface area contributed by atoms with Gasteiger partial charge in [-0.05, 0) is 18.9 Å². The highest BCUT2D eigenvalue weighted by Gasteiger charge is 2.35. The predicted molar refractivity (Wildman–Crippen MR) is 79.9 cm³/mol. The van der Waals surface area contributed by atoms with E-state index < -0.39 is 12.0 Å². The third-order valence-corrected chi connectivity index (χ3v) is 5.12. The van der Waals surface area contributed by atoms with Crippen molar-refractivity contribution in [1.29, 1.82) is 0 Å². The summed E-state index contributed by atoms with van der Waals surface area (Å²) in [4.78, 5) is 25.1. The SMILES string of the molecule is CC(CSc1cccc[n+]1C)C(=O)N1CCC[C@H]1C(=O)O. The van der Waals surface area contributed by atoms with Crippen LogP contribution in [0.3, 0.4) is 0 Å². The molecule has 2 rings (SSSR count). The van der Waals surface area contributed by atoms with Crippen molar-refractivity contribution in [1.82, 2.24) is 4.90 Å². The topological polar surface area (TPSA) is 61.5 Å². The van der Waals surface area contributed by atoms with E-state index in [0.717, 1.165) is 11.4 Å². The zero-order chi connectivity index (χ0) is 15.4. The number of carboxylic acid groups (broad SMARTS) is 1. The molecule has 2 heterocycles. The van der Waals surface area contributed by atoms with Crippen LogP contribution in [0.5, 0.6) is 0 Å². The number of amides is 1. The van der Waals surface area contributed by atoms with Crippen molar-refractivity contribution in [2.75, 3.05) is 12.3 Å². The van der Waals surface area contributed by atoms with E-state index in [0.29, 0.717) is 18.7 Å². The van der Waals surface area contributed by atoms with E-state index in [4.69, 9.17) is 5.11 Å². The molecular weight excluding hydrogens is 288 g/mol. The van der Waals surface area contributed by atoms with E-state index in [1.165, 1.54) is 4.90 Å². The number of aryl methyl sites for hydroxylation is 1. The summed E-state index contributed by atoms with van der Waals surface area (Å²) in [5.74, 6) is -0.476. The van der Waals surface area contributed by atoms with E-state index in [2.05, 4.69) is 0 Å². The second-order valence-corrected chi connectivity index (χ2v) is 6.43. The lowest BCUT2D eigenvalue weighted by molar-refractivity contribution is -0.708. The molecule has 1 amide bonds. The maximum absolute atomic E-state index is 12.4. The molecule has 21 heavy (non-hydrogen) atoms. The molecule has 1 aliphatic heterocycles. The van der Waals surface area contributed by atoms with Crippen molar-refractivity contribution in [2.45, 2.75) is 30.8 Å². The van der Waals surface area contributed by atoms with Crippen molar-refractivity contribution < 1.29 is 19.3 Å². The normalized spacial score (nSPS) is 19.5. The molecule has 114 valence electrons. The minimum absolute atomic E-state index is 0.0500. The summed E-state index contributed by atoms with van der Waals surface area (Å²) in [6, 6.07) is 5.30. The number of aromatic nitrogens is 1. The molecule has 1 aromatic rings. The fraction of sp³-hybridized carbons (Fsp3) is 0.533. The van der Waals surface area contributed by atoms with E-state index in [9.17, 15) is 9.59 Å². The quantitative estimate of drug-likeness (QED) is 0.658. The fourth-order valence-electron chi connectivity index (χ4n) is 2.51. The van der Waals surface area contributed by atoms with Crippen LogP contribution in [0.15, 0.2) is 29.4 Å². The molecule has 1 unspecified atom stereocenters. The molecule has 2 atom stereocenters. The summed E-state index contributed by atoms with van der Waals surface area (Å²) in [5.41, 5.74) is 0. The minimum Gasteiger partial charge on any atom is -0.480 e. The number of hydrogen-bond acceptors (Lipinski definition) is 3. The maximum Gasteiger partial charge on any atom is 0.326 e. The van der Waals surface area contributed by atoms with Crippen LogP contribution in [-0.4, -0.2) is 40.2 Å². The van der Waals surface area contributed by atoms with Crippen molar-refractivity contribution in [3.63, 3.8) is 0 Å². The first-order chi connectivity index (χ1) is 10.0. The number of likely N-dealkylation sites (tertiary alicyclic amines) is 1. The van der Waals surface area contributed by atoms with Crippen LogP contribution in [-0.2, 0) is 16.6 Å². The van der Waals surface area contributed by atoms with Crippen molar-refractivity contribution in [3.05, 3.63) is 24.4 Å². The Balaban J connectivity index is 1.94. The summed E-state index contributed by atoms with van der Waals surface area (Å²) in [6.45, 7) is 2.43. The van der Waals surface area contributed by atoms with Gasteiger partial charge in [-0.2, -0.15) is 4.57 Å². The summed E-state index contributed by atoms with van der Waals surface area (Å²) in [7, 11) is 1.97. The molecule has 1 saturated heterocycles. The molecule has 0 aromatic carbocycles. The molecule has 6 heteroatoms. The van der Waals surface area contributed by atoms with Gasteiger partial charge in [-0.1, -0.05) is 18.7 Å². The van der Waals surface area contributed by atoms with Gasteiger partial charge in [0.1, 0.15) is 13.1 Å². The molecule has 5 nitrogen and oxygen atoms in total. The van der Waals surface area contributed by atoms with Gasteiger partial charge < -0.3 is 10.0 Å². The number of hydrogen-bond donors (Lipinski definition) is 1. The molecule has 1 fully saturated rings.